The summed E-state index contributed by atoms with van der Waals surface area (Å²) in [6.45, 7) is 7.74. The molecule has 0 saturated heterocycles. The summed E-state index contributed by atoms with van der Waals surface area (Å²) in [5.41, 5.74) is 7.89. The Labute approximate surface area is 142 Å². The van der Waals surface area contributed by atoms with E-state index < -0.39 is 8.24 Å². The summed E-state index contributed by atoms with van der Waals surface area (Å²) in [6.07, 6.45) is 6.52. The number of nitrogens with zero attached hydrogens (tertiary/aromatic N) is 7. The van der Waals surface area contributed by atoms with Crippen molar-refractivity contribution in [2.45, 2.75) is 45.3 Å². The van der Waals surface area contributed by atoms with E-state index in [0.29, 0.717) is 12.5 Å². The zero-order valence-electron chi connectivity index (χ0n) is 14.6. The van der Waals surface area contributed by atoms with Gasteiger partial charge in [-0.3, -0.25) is 4.79 Å². The minimum atomic E-state index is -1.45. The molecule has 2 aliphatic carbocycles. The Balaban J connectivity index is 0.000000186. The molecular weight excluding hydrogens is 326 g/mol. The molecule has 9 nitrogen and oxygen atoms in total. The topological polar surface area (TPSA) is 123 Å². The Morgan fingerprint density at radius 3 is 2.25 bits per heavy atom. The molecule has 3 aliphatic rings. The zero-order chi connectivity index (χ0) is 18.0. The van der Waals surface area contributed by atoms with Crippen molar-refractivity contribution >= 4 is 20.2 Å². The molecule has 1 aliphatic heterocycles. The van der Waals surface area contributed by atoms with Crippen LogP contribution in [0.5, 0.6) is 0 Å². The van der Waals surface area contributed by atoms with Gasteiger partial charge < -0.3 is 0 Å². The number of hydrogen-bond donors (Lipinski definition) is 0. The molecule has 1 heterocycles. The summed E-state index contributed by atoms with van der Waals surface area (Å²) in [5, 5.41) is 8.82. The lowest BCUT2D eigenvalue weighted by molar-refractivity contribution is -0.127. The van der Waals surface area contributed by atoms with Gasteiger partial charge in [0.1, 0.15) is 14.8 Å². The highest BCUT2D eigenvalue weighted by atomic mass is 28.3. The van der Waals surface area contributed by atoms with Gasteiger partial charge in [-0.25, -0.2) is 14.8 Å². The zero-order valence-corrected chi connectivity index (χ0v) is 15.6. The van der Waals surface area contributed by atoms with Crippen molar-refractivity contribution in [2.75, 3.05) is 19.6 Å². The van der Waals surface area contributed by atoms with Crippen LogP contribution in [0.1, 0.15) is 25.7 Å². The maximum atomic E-state index is 10.9. The second-order valence-corrected chi connectivity index (χ2v) is 11.6. The van der Waals surface area contributed by atoms with Crippen LogP contribution in [-0.2, 0) is 9.59 Å². The second-order valence-electron chi connectivity index (χ2n) is 7.04. The Morgan fingerprint density at radius 1 is 1.29 bits per heavy atom. The highest BCUT2D eigenvalue weighted by Crippen LogP contribution is 2.30. The number of hydrogen-bond acceptors (Lipinski definition) is 6. The van der Waals surface area contributed by atoms with E-state index >= 15 is 0 Å². The Morgan fingerprint density at radius 2 is 1.92 bits per heavy atom. The first-order valence-electron chi connectivity index (χ1n) is 8.13. The Bertz CT molecular complexity index is 540. The molecule has 132 valence electrons. The van der Waals surface area contributed by atoms with Crippen LogP contribution in [0.3, 0.4) is 0 Å². The number of aliphatic imine (C=N–C) groups is 1. The average molecular weight is 351 g/mol. The van der Waals surface area contributed by atoms with Crippen molar-refractivity contribution < 1.29 is 9.59 Å². The van der Waals surface area contributed by atoms with Crippen LogP contribution in [0.25, 0.3) is 10.4 Å². The predicted octanol–water partition coefficient (Wildman–Crippen LogP) is 3.47. The number of isocyanates is 1. The summed E-state index contributed by atoms with van der Waals surface area (Å²) in [6, 6.07) is 0. The largest absolute Gasteiger partial charge is 0.271 e. The monoisotopic (exact) mass is 351 g/mol. The summed E-state index contributed by atoms with van der Waals surface area (Å²) in [7, 11) is -1.45. The molecule has 0 atom stereocenters. The third-order valence-electron chi connectivity index (χ3n) is 3.25. The Hall–Kier alpha value is -2.02. The SMILES string of the molecule is C[Si](C)(C)N=[N+]=[N-].O=C1CN=NN1CC1CC1.O=C=NCC1CC1. The van der Waals surface area contributed by atoms with Crippen LogP contribution in [0.15, 0.2) is 20.1 Å². The molecule has 0 unspecified atom stereocenters. The van der Waals surface area contributed by atoms with Crippen molar-refractivity contribution in [3.8, 4) is 0 Å². The normalized spacial score (nSPS) is 18.5. The number of azide groups is 1. The van der Waals surface area contributed by atoms with Gasteiger partial charge in [0, 0.05) is 6.54 Å². The van der Waals surface area contributed by atoms with Crippen molar-refractivity contribution in [3.63, 3.8) is 0 Å². The van der Waals surface area contributed by atoms with Crippen molar-refractivity contribution in [1.82, 2.24) is 5.01 Å². The van der Waals surface area contributed by atoms with Crippen molar-refractivity contribution in [1.29, 1.82) is 0 Å². The van der Waals surface area contributed by atoms with Gasteiger partial charge in [-0.2, -0.15) is 5.11 Å². The van der Waals surface area contributed by atoms with Gasteiger partial charge in [0.25, 0.3) is 5.91 Å². The first kappa shape index (κ1) is 20.0. The molecule has 0 aromatic carbocycles. The fourth-order valence-electron chi connectivity index (χ4n) is 1.58. The molecule has 0 aromatic rings. The standard InChI is InChI=1S/C6H9N3O.C5H7NO.C3H9N3Si/c10-6-3-7-8-9(6)4-5-1-2-5;7-4-6-3-5-1-2-5;1-7(2,3)6-5-4/h5H,1-4H2;5H,1-3H2;1-3H3. The lowest BCUT2D eigenvalue weighted by atomic mass is 10.4. The molecule has 3 rings (SSSR count). The van der Waals surface area contributed by atoms with Crippen LogP contribution in [0, 0.1) is 11.8 Å². The summed E-state index contributed by atoms with van der Waals surface area (Å²) in [4.78, 5) is 26.4. The lowest BCUT2D eigenvalue weighted by Crippen LogP contribution is -2.24. The fourth-order valence-corrected chi connectivity index (χ4v) is 1.85. The minimum absolute atomic E-state index is 0.0481. The lowest BCUT2D eigenvalue weighted by Gasteiger charge is -2.06. The van der Waals surface area contributed by atoms with E-state index in [4.69, 9.17) is 5.53 Å². The van der Waals surface area contributed by atoms with E-state index in [-0.39, 0.29) is 12.5 Å². The quantitative estimate of drug-likeness (QED) is 0.188. The fraction of sp³-hybridized carbons (Fsp3) is 0.857. The molecule has 10 heteroatoms. The van der Waals surface area contributed by atoms with Gasteiger partial charge in [-0.1, -0.05) is 24.9 Å². The molecule has 2 fully saturated rings. The molecule has 0 aromatic heterocycles. The molecule has 2 saturated carbocycles. The first-order valence-corrected chi connectivity index (χ1v) is 11.6. The molecular formula is C14H25N7O2Si. The van der Waals surface area contributed by atoms with E-state index in [1.807, 2.05) is 19.6 Å². The van der Waals surface area contributed by atoms with Gasteiger partial charge in [-0.15, -0.1) is 4.78 Å². The van der Waals surface area contributed by atoms with Crippen LogP contribution in [-0.4, -0.2) is 44.9 Å². The van der Waals surface area contributed by atoms with Crippen LogP contribution in [0.4, 0.5) is 0 Å². The van der Waals surface area contributed by atoms with Gasteiger partial charge in [-0.05, 0) is 48.0 Å². The van der Waals surface area contributed by atoms with Crippen molar-refractivity contribution in [3.05, 3.63) is 10.4 Å². The number of rotatable bonds is 5. The van der Waals surface area contributed by atoms with E-state index in [1.165, 1.54) is 36.8 Å². The van der Waals surface area contributed by atoms with E-state index in [0.717, 1.165) is 12.5 Å². The summed E-state index contributed by atoms with van der Waals surface area (Å²) in [5.74, 6) is 1.48. The third kappa shape index (κ3) is 10.7. The summed E-state index contributed by atoms with van der Waals surface area (Å²) >= 11 is 0. The van der Waals surface area contributed by atoms with Crippen LogP contribution < -0.4 is 0 Å². The predicted molar refractivity (Wildman–Crippen MR) is 92.4 cm³/mol. The van der Waals surface area contributed by atoms with Crippen LogP contribution in [0.2, 0.25) is 19.6 Å². The first-order chi connectivity index (χ1) is 11.4. The Kier molecular flexibility index (Phi) is 8.32. The van der Waals surface area contributed by atoms with Gasteiger partial charge >= 0.3 is 0 Å². The van der Waals surface area contributed by atoms with Gasteiger partial charge in [0.15, 0.2) is 0 Å². The highest BCUT2D eigenvalue weighted by molar-refractivity contribution is 6.74. The molecule has 0 spiro atoms. The molecule has 0 radical (unpaired) electrons. The molecule has 0 N–H and O–H groups in total. The molecule has 0 bridgehead atoms. The minimum Gasteiger partial charge on any atom is -0.271 e. The smallest absolute Gasteiger partial charge is 0.267 e. The van der Waals surface area contributed by atoms with Crippen LogP contribution >= 0.6 is 0 Å². The van der Waals surface area contributed by atoms with E-state index in [1.54, 1.807) is 0 Å². The van der Waals surface area contributed by atoms with E-state index in [9.17, 15) is 9.59 Å². The number of carbonyl (C=O) groups excluding carboxylic acids is 2. The number of amides is 1. The third-order valence-corrected chi connectivity index (χ3v) is 3.94. The second kappa shape index (κ2) is 9.97. The number of carbonyl (C=O) groups is 1. The average Bonchev–Trinajstić information content (AvgIpc) is 3.40. The highest BCUT2D eigenvalue weighted by Gasteiger charge is 2.28. The maximum absolute atomic E-state index is 10.9. The van der Waals surface area contributed by atoms with Gasteiger partial charge in [0.2, 0.25) is 6.08 Å². The summed E-state index contributed by atoms with van der Waals surface area (Å²) < 4.78 is 3.58. The maximum Gasteiger partial charge on any atom is 0.267 e. The van der Waals surface area contributed by atoms with Crippen molar-refractivity contribution in [2.24, 2.45) is 31.9 Å². The molecule has 24 heavy (non-hydrogen) atoms. The van der Waals surface area contributed by atoms with E-state index in [2.05, 4.69) is 25.0 Å². The molecule has 1 amide bonds. The van der Waals surface area contributed by atoms with Gasteiger partial charge in [0.05, 0.1) is 6.54 Å².